The molecule has 0 spiro atoms. The number of aromatic nitrogens is 2. The number of nitrogens with zero attached hydrogens (tertiary/aromatic N) is 1. The molecule has 1 aliphatic rings. The highest BCUT2D eigenvalue weighted by molar-refractivity contribution is 6.07. The number of pyridine rings is 1. The summed E-state index contributed by atoms with van der Waals surface area (Å²) in [5.41, 5.74) is 3.62. The largest absolute Gasteiger partial charge is 0.494 e. The van der Waals surface area contributed by atoms with Crippen molar-refractivity contribution in [3.05, 3.63) is 53.7 Å². The molecule has 2 aromatic heterocycles. The van der Waals surface area contributed by atoms with Crippen molar-refractivity contribution < 1.29 is 18.7 Å². The highest BCUT2D eigenvalue weighted by Crippen LogP contribution is 2.43. The van der Waals surface area contributed by atoms with Crippen LogP contribution in [0.2, 0.25) is 0 Å². The number of fused-ring (bicyclic) bond motifs is 1. The maximum absolute atomic E-state index is 14.2. The van der Waals surface area contributed by atoms with Crippen molar-refractivity contribution in [1.29, 1.82) is 0 Å². The van der Waals surface area contributed by atoms with Crippen molar-refractivity contribution in [2.75, 3.05) is 26.1 Å². The molecule has 3 aromatic rings. The van der Waals surface area contributed by atoms with Crippen molar-refractivity contribution in [2.24, 2.45) is 0 Å². The molecule has 7 nitrogen and oxygen atoms in total. The van der Waals surface area contributed by atoms with Gasteiger partial charge in [-0.1, -0.05) is 26.8 Å². The molecule has 0 radical (unpaired) electrons. The Hall–Kier alpha value is -3.55. The Bertz CT molecular complexity index is 1080. The number of hydrogen-bond donors (Lipinski definition) is 3. The maximum Gasteiger partial charge on any atom is 0.255 e. The van der Waals surface area contributed by atoms with Crippen molar-refractivity contribution in [1.82, 2.24) is 15.3 Å². The first-order chi connectivity index (χ1) is 15.0. The molecule has 31 heavy (non-hydrogen) atoms. The molecular weight excluding hydrogens is 399 g/mol. The quantitative estimate of drug-likeness (QED) is 0.543. The number of methoxy groups -OCH3 is 2. The Morgan fingerprint density at radius 1 is 1.19 bits per heavy atom. The summed E-state index contributed by atoms with van der Waals surface area (Å²) in [5.74, 6) is 0.00118. The molecule has 0 saturated carbocycles. The van der Waals surface area contributed by atoms with Gasteiger partial charge in [0.15, 0.2) is 11.6 Å². The maximum atomic E-state index is 14.2. The van der Waals surface area contributed by atoms with E-state index in [1.54, 1.807) is 37.7 Å². The number of benzene rings is 1. The minimum absolute atomic E-state index is 0.0689. The molecular formula is C23H27FN4O3. The van der Waals surface area contributed by atoms with Crippen LogP contribution in [-0.4, -0.2) is 36.6 Å². The molecule has 3 N–H and O–H groups in total. The lowest BCUT2D eigenvalue weighted by Gasteiger charge is -2.20. The number of halogens is 1. The number of H-pyrrole nitrogens is 1. The smallest absolute Gasteiger partial charge is 0.255 e. The molecule has 0 saturated heterocycles. The van der Waals surface area contributed by atoms with Crippen molar-refractivity contribution >= 4 is 17.3 Å². The monoisotopic (exact) mass is 426 g/mol. The van der Waals surface area contributed by atoms with Crippen molar-refractivity contribution in [2.45, 2.75) is 26.7 Å². The number of ether oxygens (including phenoxy) is 2. The summed E-state index contributed by atoms with van der Waals surface area (Å²) in [7, 11) is 2.96. The third-order valence-electron chi connectivity index (χ3n) is 5.02. The zero-order chi connectivity index (χ0) is 22.5. The lowest BCUT2D eigenvalue weighted by Crippen LogP contribution is -2.33. The van der Waals surface area contributed by atoms with Gasteiger partial charge in [-0.15, -0.1) is 0 Å². The molecule has 1 aliphatic heterocycles. The van der Waals surface area contributed by atoms with Crippen LogP contribution in [0.25, 0.3) is 11.3 Å². The van der Waals surface area contributed by atoms with Gasteiger partial charge in [0.1, 0.15) is 5.75 Å². The average molecular weight is 426 g/mol. The second kappa shape index (κ2) is 9.51. The molecule has 1 atom stereocenters. The van der Waals surface area contributed by atoms with E-state index < -0.39 is 5.82 Å². The van der Waals surface area contributed by atoms with Gasteiger partial charge in [-0.25, -0.2) is 4.39 Å². The number of anilines is 2. The van der Waals surface area contributed by atoms with Crippen molar-refractivity contribution in [3.8, 4) is 22.8 Å². The Kier molecular flexibility index (Phi) is 6.79. The van der Waals surface area contributed by atoms with Gasteiger partial charge in [0, 0.05) is 29.9 Å². The van der Waals surface area contributed by atoms with Gasteiger partial charge in [-0.05, 0) is 18.2 Å². The second-order valence-corrected chi connectivity index (χ2v) is 6.80. The van der Waals surface area contributed by atoms with E-state index in [2.05, 4.69) is 20.6 Å². The lowest BCUT2D eigenvalue weighted by atomic mass is 9.98. The molecule has 8 heteroatoms. The van der Waals surface area contributed by atoms with Gasteiger partial charge >= 0.3 is 0 Å². The first-order valence-electron chi connectivity index (χ1n) is 10.2. The predicted molar refractivity (Wildman–Crippen MR) is 119 cm³/mol. The molecule has 1 amide bonds. The first kappa shape index (κ1) is 22.1. The normalized spacial score (nSPS) is 14.6. The minimum atomic E-state index is -0.497. The van der Waals surface area contributed by atoms with E-state index in [4.69, 9.17) is 9.47 Å². The first-order valence-corrected chi connectivity index (χ1v) is 10.2. The standard InChI is InChI=1S/C21H21FN4O3.C2H6/c1-11-9-24-21(27)16-17(11)26-18(12-7-8-23-10-15(12)28-2)19(16)25-14-6-4-5-13(22)20(14)29-3;1-2/h4-8,10-11,25-26H,9H2,1-3H3,(H,24,27);1-2H3. The van der Waals surface area contributed by atoms with E-state index >= 15 is 0 Å². The fourth-order valence-corrected chi connectivity index (χ4v) is 3.59. The molecule has 0 bridgehead atoms. The Morgan fingerprint density at radius 3 is 2.68 bits per heavy atom. The number of nitrogens with one attached hydrogen (secondary N) is 3. The summed E-state index contributed by atoms with van der Waals surface area (Å²) < 4.78 is 24.9. The highest BCUT2D eigenvalue weighted by atomic mass is 19.1. The van der Waals surface area contributed by atoms with E-state index in [0.29, 0.717) is 34.9 Å². The number of para-hydroxylation sites is 1. The van der Waals surface area contributed by atoms with Gasteiger partial charge in [-0.3, -0.25) is 9.78 Å². The van der Waals surface area contributed by atoms with E-state index in [9.17, 15) is 9.18 Å². The van der Waals surface area contributed by atoms with Gasteiger partial charge in [-0.2, -0.15) is 0 Å². The number of carbonyl (C=O) groups is 1. The topological polar surface area (TPSA) is 88.3 Å². The van der Waals surface area contributed by atoms with Crippen molar-refractivity contribution in [3.63, 3.8) is 0 Å². The molecule has 1 unspecified atom stereocenters. The van der Waals surface area contributed by atoms with E-state index in [1.165, 1.54) is 13.2 Å². The van der Waals surface area contributed by atoms with E-state index in [0.717, 1.165) is 11.3 Å². The fraction of sp³-hybridized carbons (Fsp3) is 0.304. The number of amides is 1. The molecule has 1 aromatic carbocycles. The van der Waals surface area contributed by atoms with Crippen LogP contribution >= 0.6 is 0 Å². The summed E-state index contributed by atoms with van der Waals surface area (Å²) in [5, 5.41) is 6.11. The zero-order valence-corrected chi connectivity index (χ0v) is 18.3. The molecule has 0 aliphatic carbocycles. The molecule has 4 rings (SSSR count). The van der Waals surface area contributed by atoms with E-state index in [-0.39, 0.29) is 17.6 Å². The van der Waals surface area contributed by atoms with Gasteiger partial charge < -0.3 is 25.1 Å². The number of hydrogen-bond acceptors (Lipinski definition) is 5. The van der Waals surface area contributed by atoms with Crippen LogP contribution in [0.1, 0.15) is 42.7 Å². The lowest BCUT2D eigenvalue weighted by molar-refractivity contribution is 0.0942. The second-order valence-electron chi connectivity index (χ2n) is 6.80. The minimum Gasteiger partial charge on any atom is -0.494 e. The third kappa shape index (κ3) is 4.05. The fourth-order valence-electron chi connectivity index (χ4n) is 3.59. The van der Waals surface area contributed by atoms with Gasteiger partial charge in [0.2, 0.25) is 0 Å². The van der Waals surface area contributed by atoms with Crippen LogP contribution < -0.4 is 20.1 Å². The predicted octanol–water partition coefficient (Wildman–Crippen LogP) is 4.85. The Labute approximate surface area is 181 Å². The summed E-state index contributed by atoms with van der Waals surface area (Å²) in [6.45, 7) is 6.55. The summed E-state index contributed by atoms with van der Waals surface area (Å²) in [6.07, 6.45) is 3.25. The highest BCUT2D eigenvalue weighted by Gasteiger charge is 2.32. The molecule has 3 heterocycles. The Morgan fingerprint density at radius 2 is 1.97 bits per heavy atom. The van der Waals surface area contributed by atoms with Gasteiger partial charge in [0.05, 0.1) is 43.0 Å². The van der Waals surface area contributed by atoms with Crippen LogP contribution in [0.5, 0.6) is 11.5 Å². The summed E-state index contributed by atoms with van der Waals surface area (Å²) in [4.78, 5) is 20.2. The van der Waals surface area contributed by atoms with Crippen LogP contribution in [0, 0.1) is 5.82 Å². The van der Waals surface area contributed by atoms with Crippen LogP contribution in [0.4, 0.5) is 15.8 Å². The zero-order valence-electron chi connectivity index (χ0n) is 18.3. The average Bonchev–Trinajstić information content (AvgIpc) is 3.18. The molecule has 0 fully saturated rings. The number of rotatable bonds is 5. The SMILES string of the molecule is CC.COc1cnccc1-c1[nH]c2c(c1Nc1cccc(F)c1OC)C(=O)NCC2C. The number of aromatic amines is 1. The summed E-state index contributed by atoms with van der Waals surface area (Å²) >= 11 is 0. The third-order valence-corrected chi connectivity index (χ3v) is 5.02. The van der Waals surface area contributed by atoms with Gasteiger partial charge in [0.25, 0.3) is 5.91 Å². The van der Waals surface area contributed by atoms with Crippen LogP contribution in [-0.2, 0) is 0 Å². The molecule has 164 valence electrons. The summed E-state index contributed by atoms with van der Waals surface area (Å²) in [6, 6.07) is 6.39. The number of carbonyl (C=O) groups excluding carboxylic acids is 1. The van der Waals surface area contributed by atoms with E-state index in [1.807, 2.05) is 20.8 Å². The Balaban J connectivity index is 0.00000132. The van der Waals surface area contributed by atoms with Crippen LogP contribution in [0.15, 0.2) is 36.7 Å². The van der Waals surface area contributed by atoms with Crippen LogP contribution in [0.3, 0.4) is 0 Å².